The van der Waals surface area contributed by atoms with E-state index in [1.807, 2.05) is 18.2 Å². The molecule has 0 aliphatic carbocycles. The SMILES string of the molecule is NCCCNC(=O)[C@@H](O)[C@@H](N)c1ccccc1. The van der Waals surface area contributed by atoms with Crippen LogP contribution in [0.15, 0.2) is 30.3 Å². The molecule has 0 heterocycles. The Morgan fingerprint density at radius 2 is 2.00 bits per heavy atom. The fourth-order valence-electron chi connectivity index (χ4n) is 1.44. The van der Waals surface area contributed by atoms with Crippen molar-refractivity contribution >= 4 is 5.91 Å². The molecule has 94 valence electrons. The van der Waals surface area contributed by atoms with Gasteiger partial charge in [0, 0.05) is 6.54 Å². The zero-order valence-corrected chi connectivity index (χ0v) is 9.67. The highest BCUT2D eigenvalue weighted by atomic mass is 16.3. The van der Waals surface area contributed by atoms with E-state index in [1.165, 1.54) is 0 Å². The molecular formula is C12H19N3O2. The third kappa shape index (κ3) is 4.14. The van der Waals surface area contributed by atoms with Crippen molar-refractivity contribution in [2.75, 3.05) is 13.1 Å². The third-order valence-electron chi connectivity index (χ3n) is 2.47. The number of carbonyl (C=O) groups is 1. The van der Waals surface area contributed by atoms with Gasteiger partial charge in [0.05, 0.1) is 6.04 Å². The lowest BCUT2D eigenvalue weighted by atomic mass is 10.0. The molecule has 0 aliphatic heterocycles. The van der Waals surface area contributed by atoms with Crippen molar-refractivity contribution in [1.29, 1.82) is 0 Å². The van der Waals surface area contributed by atoms with Crippen LogP contribution < -0.4 is 16.8 Å². The van der Waals surface area contributed by atoms with Gasteiger partial charge in [-0.2, -0.15) is 0 Å². The summed E-state index contributed by atoms with van der Waals surface area (Å²) in [6.45, 7) is 0.953. The number of amides is 1. The van der Waals surface area contributed by atoms with E-state index in [9.17, 15) is 9.90 Å². The molecule has 2 atom stereocenters. The molecule has 0 saturated carbocycles. The lowest BCUT2D eigenvalue weighted by Gasteiger charge is -2.18. The van der Waals surface area contributed by atoms with Gasteiger partial charge in [-0.15, -0.1) is 0 Å². The minimum atomic E-state index is -1.24. The van der Waals surface area contributed by atoms with Crippen LogP contribution in [0.1, 0.15) is 18.0 Å². The Hall–Kier alpha value is -1.43. The zero-order chi connectivity index (χ0) is 12.7. The molecule has 17 heavy (non-hydrogen) atoms. The Labute approximate surface area is 101 Å². The van der Waals surface area contributed by atoms with Crippen molar-refractivity contribution in [3.8, 4) is 0 Å². The molecule has 1 rings (SSSR count). The Bertz CT molecular complexity index is 343. The van der Waals surface area contributed by atoms with Crippen LogP contribution in [0.5, 0.6) is 0 Å². The lowest BCUT2D eigenvalue weighted by Crippen LogP contribution is -2.42. The number of hydrogen-bond acceptors (Lipinski definition) is 4. The maximum Gasteiger partial charge on any atom is 0.250 e. The molecule has 6 N–H and O–H groups in total. The molecule has 5 heteroatoms. The molecule has 5 nitrogen and oxygen atoms in total. The number of hydrogen-bond donors (Lipinski definition) is 4. The highest BCUT2D eigenvalue weighted by molar-refractivity contribution is 5.81. The average molecular weight is 237 g/mol. The third-order valence-corrected chi connectivity index (χ3v) is 2.47. The van der Waals surface area contributed by atoms with Gasteiger partial charge in [0.2, 0.25) is 0 Å². The fourth-order valence-corrected chi connectivity index (χ4v) is 1.44. The second-order valence-electron chi connectivity index (χ2n) is 3.81. The van der Waals surface area contributed by atoms with Gasteiger partial charge in [-0.1, -0.05) is 30.3 Å². The standard InChI is InChI=1S/C12H19N3O2/c13-7-4-8-15-12(17)11(16)10(14)9-5-2-1-3-6-9/h1-3,5-6,10-11,16H,4,7-8,13-14H2,(H,15,17)/t10-,11-/m0/s1. The van der Waals surface area contributed by atoms with Gasteiger partial charge < -0.3 is 21.9 Å². The molecule has 1 amide bonds. The lowest BCUT2D eigenvalue weighted by molar-refractivity contribution is -0.130. The first kappa shape index (κ1) is 13.6. The highest BCUT2D eigenvalue weighted by Gasteiger charge is 2.23. The van der Waals surface area contributed by atoms with E-state index in [-0.39, 0.29) is 0 Å². The van der Waals surface area contributed by atoms with Crippen LogP contribution >= 0.6 is 0 Å². The topological polar surface area (TPSA) is 101 Å². The van der Waals surface area contributed by atoms with Crippen molar-refractivity contribution in [2.24, 2.45) is 11.5 Å². The van der Waals surface area contributed by atoms with E-state index in [0.717, 1.165) is 5.56 Å². The quantitative estimate of drug-likeness (QED) is 0.501. The molecule has 0 aromatic heterocycles. The molecule has 0 fully saturated rings. The van der Waals surface area contributed by atoms with Crippen LogP contribution in [0, 0.1) is 0 Å². The van der Waals surface area contributed by atoms with Crippen LogP contribution in [0.4, 0.5) is 0 Å². The van der Waals surface area contributed by atoms with Crippen LogP contribution in [0.2, 0.25) is 0 Å². The van der Waals surface area contributed by atoms with Crippen molar-refractivity contribution in [3.05, 3.63) is 35.9 Å². The summed E-state index contributed by atoms with van der Waals surface area (Å²) in [5.41, 5.74) is 11.8. The van der Waals surface area contributed by atoms with Gasteiger partial charge in [-0.25, -0.2) is 0 Å². The minimum absolute atomic E-state index is 0.452. The number of nitrogens with one attached hydrogen (secondary N) is 1. The fraction of sp³-hybridized carbons (Fsp3) is 0.417. The molecule has 1 aromatic rings. The summed E-state index contributed by atoms with van der Waals surface area (Å²) in [7, 11) is 0. The van der Waals surface area contributed by atoms with Gasteiger partial charge in [0.25, 0.3) is 5.91 Å². The minimum Gasteiger partial charge on any atom is -0.381 e. The summed E-state index contributed by atoms with van der Waals surface area (Å²) < 4.78 is 0. The predicted molar refractivity (Wildman–Crippen MR) is 66.1 cm³/mol. The van der Waals surface area contributed by atoms with E-state index in [0.29, 0.717) is 19.5 Å². The van der Waals surface area contributed by atoms with Crippen molar-refractivity contribution in [1.82, 2.24) is 5.32 Å². The number of rotatable bonds is 6. The molecular weight excluding hydrogens is 218 g/mol. The molecule has 1 aromatic carbocycles. The van der Waals surface area contributed by atoms with Gasteiger partial charge >= 0.3 is 0 Å². The molecule has 0 saturated heterocycles. The first-order valence-electron chi connectivity index (χ1n) is 5.63. The maximum absolute atomic E-state index is 11.6. The number of carbonyl (C=O) groups excluding carboxylic acids is 1. The molecule has 0 unspecified atom stereocenters. The molecule has 0 aliphatic rings. The monoisotopic (exact) mass is 237 g/mol. The number of nitrogens with two attached hydrogens (primary N) is 2. The predicted octanol–water partition coefficient (Wildman–Crippen LogP) is -0.488. The summed E-state index contributed by atoms with van der Waals surface area (Å²) in [6, 6.07) is 8.32. The normalized spacial score (nSPS) is 14.1. The van der Waals surface area contributed by atoms with Gasteiger partial charge in [-0.05, 0) is 18.5 Å². The number of aliphatic hydroxyl groups is 1. The first-order chi connectivity index (χ1) is 8.16. The van der Waals surface area contributed by atoms with Crippen molar-refractivity contribution in [2.45, 2.75) is 18.6 Å². The largest absolute Gasteiger partial charge is 0.381 e. The van der Waals surface area contributed by atoms with Crippen LogP contribution in [0.25, 0.3) is 0 Å². The summed E-state index contributed by atoms with van der Waals surface area (Å²) >= 11 is 0. The van der Waals surface area contributed by atoms with E-state index in [2.05, 4.69) is 5.32 Å². The Kier molecular flexibility index (Phi) is 5.62. The molecule has 0 spiro atoms. The average Bonchev–Trinajstić information content (AvgIpc) is 2.38. The second-order valence-corrected chi connectivity index (χ2v) is 3.81. The van der Waals surface area contributed by atoms with E-state index in [4.69, 9.17) is 11.5 Å². The van der Waals surface area contributed by atoms with Crippen molar-refractivity contribution < 1.29 is 9.90 Å². The summed E-state index contributed by atoms with van der Waals surface area (Å²) in [5.74, 6) is -0.463. The van der Waals surface area contributed by atoms with E-state index < -0.39 is 18.1 Å². The number of aliphatic hydroxyl groups excluding tert-OH is 1. The van der Waals surface area contributed by atoms with Crippen LogP contribution in [0.3, 0.4) is 0 Å². The first-order valence-corrected chi connectivity index (χ1v) is 5.63. The highest BCUT2D eigenvalue weighted by Crippen LogP contribution is 2.13. The Balaban J connectivity index is 2.51. The van der Waals surface area contributed by atoms with Gasteiger partial charge in [0.1, 0.15) is 0 Å². The molecule has 0 radical (unpaired) electrons. The Morgan fingerprint density at radius 3 is 2.59 bits per heavy atom. The Morgan fingerprint density at radius 1 is 1.35 bits per heavy atom. The van der Waals surface area contributed by atoms with Crippen LogP contribution in [-0.4, -0.2) is 30.2 Å². The van der Waals surface area contributed by atoms with E-state index in [1.54, 1.807) is 12.1 Å². The van der Waals surface area contributed by atoms with Gasteiger partial charge in [-0.3, -0.25) is 4.79 Å². The van der Waals surface area contributed by atoms with Crippen LogP contribution in [-0.2, 0) is 4.79 Å². The number of benzene rings is 1. The smallest absolute Gasteiger partial charge is 0.250 e. The maximum atomic E-state index is 11.6. The van der Waals surface area contributed by atoms with E-state index >= 15 is 0 Å². The summed E-state index contributed by atoms with van der Waals surface area (Å²) in [4.78, 5) is 11.6. The van der Waals surface area contributed by atoms with Crippen molar-refractivity contribution in [3.63, 3.8) is 0 Å². The molecule has 0 bridgehead atoms. The summed E-state index contributed by atoms with van der Waals surface area (Å²) in [5, 5.41) is 12.4. The van der Waals surface area contributed by atoms with Gasteiger partial charge in [0.15, 0.2) is 6.10 Å². The summed E-state index contributed by atoms with van der Waals surface area (Å²) in [6.07, 6.45) is -0.561. The second kappa shape index (κ2) is 7.01. The zero-order valence-electron chi connectivity index (χ0n) is 9.67.